The van der Waals surface area contributed by atoms with Crippen molar-refractivity contribution in [3.05, 3.63) is 102 Å². The van der Waals surface area contributed by atoms with Crippen molar-refractivity contribution in [2.75, 3.05) is 0 Å². The summed E-state index contributed by atoms with van der Waals surface area (Å²) in [6.07, 6.45) is 0. The molecule has 0 N–H and O–H groups in total. The molecular formula is C20H16. The molecule has 0 aliphatic heterocycles. The summed E-state index contributed by atoms with van der Waals surface area (Å²) in [5, 5.41) is 2.47. The maximum atomic E-state index is 6.17. The lowest BCUT2D eigenvalue weighted by Crippen LogP contribution is -2.04. The van der Waals surface area contributed by atoms with E-state index >= 15 is 0 Å². The van der Waals surface area contributed by atoms with Crippen LogP contribution >= 0.6 is 0 Å². The molecule has 0 nitrogen and oxygen atoms in total. The van der Waals surface area contributed by atoms with E-state index in [2.05, 4.69) is 54.6 Å². The van der Waals surface area contributed by atoms with E-state index in [0.29, 0.717) is 0 Å². The van der Waals surface area contributed by atoms with Gasteiger partial charge in [-0.05, 0) is 40.3 Å². The lowest BCUT2D eigenvalue weighted by atomic mass is 9.84. The van der Waals surface area contributed by atoms with Crippen LogP contribution in [0.4, 0.5) is 0 Å². The van der Waals surface area contributed by atoms with Gasteiger partial charge >= 0.3 is 0 Å². The summed E-state index contributed by atoms with van der Waals surface area (Å²) in [5.74, 6) is 1.11. The molecule has 0 aliphatic carbocycles. The number of hydrogen-bond acceptors (Lipinski definition) is 0. The van der Waals surface area contributed by atoms with Crippen molar-refractivity contribution in [3.63, 3.8) is 0 Å². The molecule has 0 bridgehead atoms. The van der Waals surface area contributed by atoms with E-state index < -0.39 is 0 Å². The van der Waals surface area contributed by atoms with Crippen LogP contribution < -0.4 is 0 Å². The fourth-order valence-electron chi connectivity index (χ4n) is 2.64. The summed E-state index contributed by atoms with van der Waals surface area (Å²) in [7, 11) is 0. The zero-order valence-electron chi connectivity index (χ0n) is 11.5. The molecule has 0 fully saturated rings. The number of allylic oxidation sites excluding steroid dienone is 1. The molecule has 0 heterocycles. The Hall–Kier alpha value is -2.56. The second kappa shape index (κ2) is 5.21. The van der Waals surface area contributed by atoms with Gasteiger partial charge in [0.2, 0.25) is 0 Å². The molecule has 20 heavy (non-hydrogen) atoms. The molecule has 96 valence electrons. The summed E-state index contributed by atoms with van der Waals surface area (Å²) < 4.78 is 0. The van der Waals surface area contributed by atoms with Gasteiger partial charge in [0.05, 0.1) is 0 Å². The van der Waals surface area contributed by atoms with Gasteiger partial charge in [-0.3, -0.25) is 0 Å². The van der Waals surface area contributed by atoms with Crippen molar-refractivity contribution < 1.29 is 0 Å². The standard InChI is InChI=1S/C20H16/c1-15(2)20(17-10-4-3-5-11-17)19-14-8-12-16-9-6-7-13-18(16)19/h1,3-14H,2H3. The third-order valence-corrected chi connectivity index (χ3v) is 3.52. The molecule has 3 aromatic rings. The smallest absolute Gasteiger partial charge is 0.000488 e. The average molecular weight is 256 g/mol. The van der Waals surface area contributed by atoms with Crippen molar-refractivity contribution >= 4 is 10.8 Å². The van der Waals surface area contributed by atoms with Crippen molar-refractivity contribution in [2.24, 2.45) is 0 Å². The highest BCUT2D eigenvalue weighted by Gasteiger charge is 2.17. The van der Waals surface area contributed by atoms with Gasteiger partial charge in [0.1, 0.15) is 0 Å². The normalized spacial score (nSPS) is 10.4. The Morgan fingerprint density at radius 1 is 0.800 bits per heavy atom. The Labute approximate surface area is 120 Å². The van der Waals surface area contributed by atoms with Crippen molar-refractivity contribution in [1.29, 1.82) is 0 Å². The minimum Gasteiger partial charge on any atom is -0.162 e. The molecule has 0 spiro atoms. The Balaban J connectivity index is 2.23. The van der Waals surface area contributed by atoms with Gasteiger partial charge in [-0.25, -0.2) is 0 Å². The summed E-state index contributed by atoms with van der Waals surface area (Å²) in [5.41, 5.74) is 3.19. The molecule has 0 aromatic heterocycles. The number of fused-ring (bicyclic) bond motifs is 1. The Morgan fingerprint density at radius 3 is 2.20 bits per heavy atom. The van der Waals surface area contributed by atoms with E-state index in [1.807, 2.05) is 25.1 Å². The molecule has 0 unspecified atom stereocenters. The Morgan fingerprint density at radius 2 is 1.45 bits per heavy atom. The average Bonchev–Trinajstić information content (AvgIpc) is 2.48. The van der Waals surface area contributed by atoms with Gasteiger partial charge in [0.25, 0.3) is 0 Å². The summed E-state index contributed by atoms with van der Waals surface area (Å²) in [6.45, 7) is 8.13. The van der Waals surface area contributed by atoms with Crippen LogP contribution in [0.15, 0.2) is 78.4 Å². The zero-order chi connectivity index (χ0) is 13.9. The summed E-state index contributed by atoms with van der Waals surface area (Å²) in [4.78, 5) is 0. The van der Waals surface area contributed by atoms with Crippen LogP contribution in [-0.4, -0.2) is 0 Å². The molecule has 0 saturated heterocycles. The first-order valence-electron chi connectivity index (χ1n) is 6.77. The fraction of sp³-hybridized carbons (Fsp3) is 0.0500. The highest BCUT2D eigenvalue weighted by atomic mass is 14.2. The van der Waals surface area contributed by atoms with Gasteiger partial charge in [-0.1, -0.05) is 72.8 Å². The van der Waals surface area contributed by atoms with Crippen molar-refractivity contribution in [1.82, 2.24) is 0 Å². The molecule has 3 aromatic carbocycles. The third kappa shape index (κ3) is 2.18. The highest BCUT2D eigenvalue weighted by molar-refractivity contribution is 5.89. The summed E-state index contributed by atoms with van der Waals surface area (Å²) >= 11 is 0. The summed E-state index contributed by atoms with van der Waals surface area (Å²) in [6, 6.07) is 25.1. The Bertz CT molecular complexity index is 733. The van der Waals surface area contributed by atoms with Crippen LogP contribution in [-0.2, 0) is 0 Å². The molecule has 0 atom stereocenters. The van der Waals surface area contributed by atoms with E-state index in [-0.39, 0.29) is 0 Å². The van der Waals surface area contributed by atoms with Crippen molar-refractivity contribution in [3.8, 4) is 0 Å². The van der Waals surface area contributed by atoms with Crippen LogP contribution in [0.1, 0.15) is 18.1 Å². The lowest BCUT2D eigenvalue weighted by molar-refractivity contribution is 1.21. The maximum absolute atomic E-state index is 6.17. The van der Waals surface area contributed by atoms with Gasteiger partial charge in [0, 0.05) is 0 Å². The van der Waals surface area contributed by atoms with Gasteiger partial charge in [-0.15, -0.1) is 0 Å². The van der Waals surface area contributed by atoms with Gasteiger partial charge in [0.15, 0.2) is 0 Å². The third-order valence-electron chi connectivity index (χ3n) is 3.52. The predicted molar refractivity (Wildman–Crippen MR) is 85.3 cm³/mol. The van der Waals surface area contributed by atoms with Crippen LogP contribution in [0.5, 0.6) is 0 Å². The van der Waals surface area contributed by atoms with E-state index in [4.69, 9.17) is 6.58 Å². The number of hydrogen-bond donors (Lipinski definition) is 0. The molecular weight excluding hydrogens is 240 g/mol. The quantitative estimate of drug-likeness (QED) is 0.566. The monoisotopic (exact) mass is 256 g/mol. The molecule has 0 amide bonds. The molecule has 0 heteroatoms. The van der Waals surface area contributed by atoms with Crippen LogP contribution in [0.3, 0.4) is 0 Å². The van der Waals surface area contributed by atoms with Crippen LogP contribution in [0.25, 0.3) is 10.8 Å². The maximum Gasteiger partial charge on any atom is -0.000488 e. The number of rotatable bonds is 3. The number of benzene rings is 3. The van der Waals surface area contributed by atoms with E-state index in [1.165, 1.54) is 16.3 Å². The SMILES string of the molecule is [CH+]=C(C)[C-](c1ccccc1)c1cccc2ccccc12. The van der Waals surface area contributed by atoms with E-state index in [0.717, 1.165) is 17.1 Å². The zero-order valence-corrected chi connectivity index (χ0v) is 11.5. The van der Waals surface area contributed by atoms with Crippen LogP contribution in [0, 0.1) is 12.5 Å². The van der Waals surface area contributed by atoms with E-state index in [1.54, 1.807) is 0 Å². The molecule has 0 saturated carbocycles. The topological polar surface area (TPSA) is 0 Å². The second-order valence-corrected chi connectivity index (χ2v) is 4.95. The minimum atomic E-state index is 0.840. The molecule has 0 radical (unpaired) electrons. The van der Waals surface area contributed by atoms with E-state index in [9.17, 15) is 0 Å². The fourth-order valence-corrected chi connectivity index (χ4v) is 2.64. The first-order chi connectivity index (χ1) is 9.77. The van der Waals surface area contributed by atoms with Gasteiger partial charge < -0.3 is 0 Å². The van der Waals surface area contributed by atoms with Crippen LogP contribution in [0.2, 0.25) is 0 Å². The second-order valence-electron chi connectivity index (χ2n) is 4.95. The predicted octanol–water partition coefficient (Wildman–Crippen LogP) is 5.19. The molecule has 3 rings (SSSR count). The minimum absolute atomic E-state index is 0.840. The van der Waals surface area contributed by atoms with Crippen molar-refractivity contribution in [2.45, 2.75) is 6.92 Å². The lowest BCUT2D eigenvalue weighted by Gasteiger charge is -2.19. The Kier molecular flexibility index (Phi) is 3.25. The largest absolute Gasteiger partial charge is 0.162 e. The highest BCUT2D eigenvalue weighted by Crippen LogP contribution is 2.34. The van der Waals surface area contributed by atoms with Gasteiger partial charge in [-0.2, -0.15) is 6.58 Å². The first-order valence-corrected chi connectivity index (χ1v) is 6.77. The first kappa shape index (κ1) is 12.5. The molecule has 0 aliphatic rings.